The number of hydrogen-bond acceptors (Lipinski definition) is 6. The molecule has 3 heterocycles. The number of likely N-dealkylation sites (N-methyl/N-ethyl adjacent to an activating group) is 1. The van der Waals surface area contributed by atoms with Gasteiger partial charge in [0, 0.05) is 38.7 Å². The highest BCUT2D eigenvalue weighted by molar-refractivity contribution is 5.73. The third kappa shape index (κ3) is 5.21. The Kier molecular flexibility index (Phi) is 7.25. The quantitative estimate of drug-likeness (QED) is 0.668. The van der Waals surface area contributed by atoms with Crippen LogP contribution in [0.3, 0.4) is 0 Å². The van der Waals surface area contributed by atoms with Crippen LogP contribution >= 0.6 is 0 Å². The molecule has 0 radical (unpaired) electrons. The largest absolute Gasteiger partial charge is 0.497 e. The summed E-state index contributed by atoms with van der Waals surface area (Å²) in [5.41, 5.74) is 3.65. The second kappa shape index (κ2) is 10.3. The number of anilines is 1. The number of aromatic nitrogens is 2. The Bertz CT molecular complexity index is 931. The predicted octanol–water partition coefficient (Wildman–Crippen LogP) is 3.59. The summed E-state index contributed by atoms with van der Waals surface area (Å²) in [6.07, 6.45) is 6.07. The van der Waals surface area contributed by atoms with Crippen LogP contribution in [0.15, 0.2) is 24.3 Å². The number of carbonyl (C=O) groups is 1. The molecule has 32 heavy (non-hydrogen) atoms. The van der Waals surface area contributed by atoms with E-state index in [2.05, 4.69) is 29.4 Å². The summed E-state index contributed by atoms with van der Waals surface area (Å²) >= 11 is 0. The van der Waals surface area contributed by atoms with Crippen molar-refractivity contribution in [2.45, 2.75) is 58.0 Å². The first-order chi connectivity index (χ1) is 15.5. The van der Waals surface area contributed by atoms with Crippen molar-refractivity contribution in [3.63, 3.8) is 0 Å². The van der Waals surface area contributed by atoms with Crippen molar-refractivity contribution >= 4 is 11.7 Å². The van der Waals surface area contributed by atoms with Crippen molar-refractivity contribution in [1.29, 1.82) is 0 Å². The summed E-state index contributed by atoms with van der Waals surface area (Å²) < 4.78 is 5.24. The lowest BCUT2D eigenvalue weighted by molar-refractivity contribution is -0.132. The zero-order chi connectivity index (χ0) is 22.5. The molecule has 172 valence electrons. The molecular formula is C25H35N5O2. The molecule has 1 amide bonds. The van der Waals surface area contributed by atoms with Gasteiger partial charge in [-0.3, -0.25) is 4.79 Å². The predicted molar refractivity (Wildman–Crippen MR) is 126 cm³/mol. The topological polar surface area (TPSA) is 70.6 Å². The molecule has 1 aromatic heterocycles. The molecule has 0 bridgehead atoms. The smallest absolute Gasteiger partial charge is 0.220 e. The molecule has 1 unspecified atom stereocenters. The van der Waals surface area contributed by atoms with Gasteiger partial charge in [-0.1, -0.05) is 12.1 Å². The highest BCUT2D eigenvalue weighted by atomic mass is 16.5. The molecule has 7 heteroatoms. The number of methoxy groups -OCH3 is 1. The average molecular weight is 438 g/mol. The first-order valence-electron chi connectivity index (χ1n) is 11.8. The monoisotopic (exact) mass is 437 g/mol. The van der Waals surface area contributed by atoms with Crippen LogP contribution in [0.2, 0.25) is 0 Å². The maximum Gasteiger partial charge on any atom is 0.220 e. The van der Waals surface area contributed by atoms with Crippen molar-refractivity contribution < 1.29 is 9.53 Å². The Morgan fingerprint density at radius 3 is 2.75 bits per heavy atom. The molecule has 0 aliphatic carbocycles. The zero-order valence-corrected chi connectivity index (χ0v) is 19.6. The van der Waals surface area contributed by atoms with Crippen LogP contribution in [-0.2, 0) is 24.2 Å². The molecule has 7 nitrogen and oxygen atoms in total. The van der Waals surface area contributed by atoms with Crippen molar-refractivity contribution in [3.8, 4) is 5.75 Å². The Hall–Kier alpha value is -2.67. The number of carbonyl (C=O) groups excluding carboxylic acids is 1. The fourth-order valence-electron chi connectivity index (χ4n) is 4.74. The van der Waals surface area contributed by atoms with E-state index in [9.17, 15) is 4.79 Å². The van der Waals surface area contributed by atoms with Crippen LogP contribution in [0, 0.1) is 0 Å². The number of amides is 1. The van der Waals surface area contributed by atoms with Gasteiger partial charge in [0.2, 0.25) is 5.91 Å². The molecule has 1 atom stereocenters. The second-order valence-electron chi connectivity index (χ2n) is 8.95. The number of likely N-dealkylation sites (tertiary alicyclic amines) is 1. The number of rotatable bonds is 7. The van der Waals surface area contributed by atoms with E-state index >= 15 is 0 Å². The normalized spacial score (nSPS) is 18.8. The summed E-state index contributed by atoms with van der Waals surface area (Å²) in [6, 6.07) is 8.25. The van der Waals surface area contributed by atoms with Gasteiger partial charge in [0.25, 0.3) is 0 Å². The maximum atomic E-state index is 12.2. The van der Waals surface area contributed by atoms with Gasteiger partial charge in [-0.15, -0.1) is 0 Å². The second-order valence-corrected chi connectivity index (χ2v) is 8.95. The molecule has 0 spiro atoms. The number of ether oxygens (including phenoxy) is 1. The van der Waals surface area contributed by atoms with Crippen molar-refractivity contribution in [2.75, 3.05) is 39.1 Å². The third-order valence-corrected chi connectivity index (χ3v) is 6.57. The Balaban J connectivity index is 1.49. The Labute approximate surface area is 191 Å². The van der Waals surface area contributed by atoms with Crippen molar-refractivity contribution in [2.24, 2.45) is 0 Å². The lowest BCUT2D eigenvalue weighted by Gasteiger charge is -2.35. The highest BCUT2D eigenvalue weighted by Gasteiger charge is 2.30. The van der Waals surface area contributed by atoms with Crippen LogP contribution in [0.1, 0.15) is 61.3 Å². The third-order valence-electron chi connectivity index (χ3n) is 6.57. The number of nitrogens with one attached hydrogen (secondary N) is 1. The van der Waals surface area contributed by atoms with Crippen LogP contribution in [0.5, 0.6) is 5.75 Å². The summed E-state index contributed by atoms with van der Waals surface area (Å²) in [7, 11) is 3.82. The van der Waals surface area contributed by atoms with Gasteiger partial charge in [-0.2, -0.15) is 0 Å². The Morgan fingerprint density at radius 1 is 1.19 bits per heavy atom. The Morgan fingerprint density at radius 2 is 2.00 bits per heavy atom. The molecule has 2 aliphatic rings. The minimum absolute atomic E-state index is 0.0152. The first kappa shape index (κ1) is 22.5. The van der Waals surface area contributed by atoms with E-state index in [4.69, 9.17) is 14.7 Å². The van der Waals surface area contributed by atoms with Gasteiger partial charge >= 0.3 is 0 Å². The van der Waals surface area contributed by atoms with E-state index in [1.165, 1.54) is 11.1 Å². The fraction of sp³-hybridized carbons (Fsp3) is 0.560. The standard InChI is InChI=1S/C25H35N5O2/c1-18(31)30-15-5-4-8-23(30)25-27-22-17-29(2)16-13-21(22)24(28-25)26-14-6-7-19-9-11-20(32-3)12-10-19/h9-12,23H,4-8,13-17H2,1-3H3,(H,26,27,28). The van der Waals surface area contributed by atoms with Crippen LogP contribution in [-0.4, -0.2) is 59.5 Å². The summed E-state index contributed by atoms with van der Waals surface area (Å²) in [5.74, 6) is 2.76. The maximum absolute atomic E-state index is 12.2. The van der Waals surface area contributed by atoms with Crippen LogP contribution in [0.4, 0.5) is 5.82 Å². The van der Waals surface area contributed by atoms with E-state index < -0.39 is 0 Å². The fourth-order valence-corrected chi connectivity index (χ4v) is 4.74. The summed E-state index contributed by atoms with van der Waals surface area (Å²) in [6.45, 7) is 5.15. The van der Waals surface area contributed by atoms with E-state index in [0.717, 1.165) is 87.8 Å². The van der Waals surface area contributed by atoms with E-state index in [0.29, 0.717) is 0 Å². The van der Waals surface area contributed by atoms with Gasteiger partial charge in [0.15, 0.2) is 5.82 Å². The zero-order valence-electron chi connectivity index (χ0n) is 19.6. The SMILES string of the molecule is COc1ccc(CCCNc2nc(C3CCCCN3C(C)=O)nc3c2CCN(C)C3)cc1. The van der Waals surface area contributed by atoms with Gasteiger partial charge in [0.05, 0.1) is 18.8 Å². The molecule has 1 fully saturated rings. The van der Waals surface area contributed by atoms with E-state index in [1.54, 1.807) is 14.0 Å². The molecular weight excluding hydrogens is 402 g/mol. The first-order valence-corrected chi connectivity index (χ1v) is 11.8. The molecule has 1 N–H and O–H groups in total. The molecule has 1 saturated heterocycles. The molecule has 1 aromatic carbocycles. The summed E-state index contributed by atoms with van der Waals surface area (Å²) in [5, 5.41) is 3.61. The lowest BCUT2D eigenvalue weighted by atomic mass is 10.00. The van der Waals surface area contributed by atoms with Gasteiger partial charge in [-0.25, -0.2) is 9.97 Å². The molecule has 2 aromatic rings. The van der Waals surface area contributed by atoms with E-state index in [1.807, 2.05) is 17.0 Å². The van der Waals surface area contributed by atoms with Gasteiger partial charge in [-0.05, 0) is 63.3 Å². The van der Waals surface area contributed by atoms with Crippen molar-refractivity contribution in [1.82, 2.24) is 19.8 Å². The lowest BCUT2D eigenvalue weighted by Crippen LogP contribution is -2.38. The molecule has 2 aliphatic heterocycles. The van der Waals surface area contributed by atoms with Crippen LogP contribution in [0.25, 0.3) is 0 Å². The van der Waals surface area contributed by atoms with E-state index in [-0.39, 0.29) is 11.9 Å². The number of hydrogen-bond donors (Lipinski definition) is 1. The highest BCUT2D eigenvalue weighted by Crippen LogP contribution is 2.32. The number of aryl methyl sites for hydroxylation is 1. The number of fused-ring (bicyclic) bond motifs is 1. The molecule has 0 saturated carbocycles. The summed E-state index contributed by atoms with van der Waals surface area (Å²) in [4.78, 5) is 26.4. The average Bonchev–Trinajstić information content (AvgIpc) is 2.81. The van der Waals surface area contributed by atoms with Crippen LogP contribution < -0.4 is 10.1 Å². The molecule has 4 rings (SSSR count). The minimum Gasteiger partial charge on any atom is -0.497 e. The van der Waals surface area contributed by atoms with Gasteiger partial charge < -0.3 is 19.9 Å². The minimum atomic E-state index is -0.0152. The van der Waals surface area contributed by atoms with Crippen molar-refractivity contribution in [3.05, 3.63) is 46.9 Å². The number of nitrogens with zero attached hydrogens (tertiary/aromatic N) is 4. The number of piperidine rings is 1. The van der Waals surface area contributed by atoms with Gasteiger partial charge in [0.1, 0.15) is 11.6 Å². The number of benzene rings is 1.